The fraction of sp³-hybridized carbons (Fsp3) is 0.222. The summed E-state index contributed by atoms with van der Waals surface area (Å²) in [6.45, 7) is 3.47. The molecule has 0 fully saturated rings. The number of rotatable bonds is 6. The molecule has 0 saturated heterocycles. The Kier molecular flexibility index (Phi) is 6.45. The predicted molar refractivity (Wildman–Crippen MR) is 101 cm³/mol. The molecule has 0 radical (unpaired) electrons. The average Bonchev–Trinajstić information content (AvgIpc) is 2.62. The molecule has 0 aliphatic carbocycles. The number of sulfonamides is 1. The number of anilines is 1. The second-order valence-electron chi connectivity index (χ2n) is 5.49. The van der Waals surface area contributed by atoms with E-state index in [1.807, 2.05) is 0 Å². The van der Waals surface area contributed by atoms with Crippen molar-refractivity contribution in [3.63, 3.8) is 0 Å². The number of hydrogen-bond donors (Lipinski definition) is 1. The fourth-order valence-electron chi connectivity index (χ4n) is 2.27. The summed E-state index contributed by atoms with van der Waals surface area (Å²) in [5.41, 5.74) is 0.890. The van der Waals surface area contributed by atoms with Crippen molar-refractivity contribution in [1.29, 1.82) is 0 Å². The summed E-state index contributed by atoms with van der Waals surface area (Å²) in [5, 5.41) is 0.139. The third-order valence-electron chi connectivity index (χ3n) is 3.64. The van der Waals surface area contributed by atoms with Crippen molar-refractivity contribution in [2.75, 3.05) is 18.4 Å². The lowest BCUT2D eigenvalue weighted by atomic mass is 10.1. The van der Waals surface area contributed by atoms with Gasteiger partial charge in [0, 0.05) is 5.69 Å². The Morgan fingerprint density at radius 2 is 1.78 bits per heavy atom. The molecule has 0 unspecified atom stereocenters. The topological polar surface area (TPSA) is 98.8 Å². The molecule has 0 saturated carbocycles. The number of halogens is 1. The number of benzene rings is 2. The van der Waals surface area contributed by atoms with Gasteiger partial charge >= 0.3 is 11.9 Å². The van der Waals surface area contributed by atoms with Gasteiger partial charge in [-0.1, -0.05) is 17.7 Å². The lowest BCUT2D eigenvalue weighted by Crippen LogP contribution is -2.15. The number of nitrogens with one attached hydrogen (secondary N) is 1. The third-order valence-corrected chi connectivity index (χ3v) is 5.35. The summed E-state index contributed by atoms with van der Waals surface area (Å²) < 4.78 is 37.2. The van der Waals surface area contributed by atoms with Crippen LogP contribution in [0.5, 0.6) is 0 Å². The molecule has 0 aliphatic rings. The Balaban J connectivity index is 2.38. The Hall–Kier alpha value is -2.58. The van der Waals surface area contributed by atoms with Gasteiger partial charge in [-0.05, 0) is 49.7 Å². The van der Waals surface area contributed by atoms with Crippen LogP contribution in [0.3, 0.4) is 0 Å². The second-order valence-corrected chi connectivity index (χ2v) is 7.58. The predicted octanol–water partition coefficient (Wildman–Crippen LogP) is 3.41. The molecule has 2 rings (SSSR count). The van der Waals surface area contributed by atoms with Gasteiger partial charge in [-0.15, -0.1) is 0 Å². The van der Waals surface area contributed by atoms with Crippen molar-refractivity contribution in [2.45, 2.75) is 18.7 Å². The molecule has 0 bridgehead atoms. The average molecular weight is 412 g/mol. The van der Waals surface area contributed by atoms with Crippen molar-refractivity contribution < 1.29 is 27.5 Å². The van der Waals surface area contributed by atoms with E-state index in [0.29, 0.717) is 5.56 Å². The van der Waals surface area contributed by atoms with Crippen LogP contribution in [0.4, 0.5) is 5.69 Å². The summed E-state index contributed by atoms with van der Waals surface area (Å²) in [5.74, 6) is -1.30. The maximum atomic E-state index is 12.7. The number of hydrogen-bond acceptors (Lipinski definition) is 6. The summed E-state index contributed by atoms with van der Waals surface area (Å²) >= 11 is 5.97. The molecule has 0 amide bonds. The van der Waals surface area contributed by atoms with Crippen LogP contribution >= 0.6 is 11.6 Å². The summed E-state index contributed by atoms with van der Waals surface area (Å²) in [6.07, 6.45) is 0. The molecule has 1 N–H and O–H groups in total. The number of aryl methyl sites for hydroxylation is 1. The van der Waals surface area contributed by atoms with E-state index in [1.54, 1.807) is 13.8 Å². The number of ether oxygens (including phenoxy) is 2. The Morgan fingerprint density at radius 3 is 2.41 bits per heavy atom. The zero-order valence-electron chi connectivity index (χ0n) is 14.9. The largest absolute Gasteiger partial charge is 0.465 e. The van der Waals surface area contributed by atoms with Gasteiger partial charge in [0.15, 0.2) is 0 Å². The lowest BCUT2D eigenvalue weighted by molar-refractivity contribution is 0.0525. The molecular formula is C18H18ClNO6S. The van der Waals surface area contributed by atoms with Crippen LogP contribution in [0.15, 0.2) is 41.3 Å². The highest BCUT2D eigenvalue weighted by molar-refractivity contribution is 7.92. The minimum atomic E-state index is -4.01. The van der Waals surface area contributed by atoms with E-state index in [9.17, 15) is 18.0 Å². The fourth-order valence-corrected chi connectivity index (χ4v) is 3.54. The number of esters is 2. The van der Waals surface area contributed by atoms with E-state index in [0.717, 1.165) is 0 Å². The number of carbonyl (C=O) groups excluding carboxylic acids is 2. The van der Waals surface area contributed by atoms with E-state index in [1.165, 1.54) is 43.5 Å². The first-order valence-electron chi connectivity index (χ1n) is 7.88. The van der Waals surface area contributed by atoms with Gasteiger partial charge in [-0.3, -0.25) is 4.72 Å². The van der Waals surface area contributed by atoms with Gasteiger partial charge in [0.1, 0.15) is 0 Å². The van der Waals surface area contributed by atoms with Gasteiger partial charge in [-0.25, -0.2) is 18.0 Å². The van der Waals surface area contributed by atoms with Crippen LogP contribution in [0.1, 0.15) is 33.2 Å². The van der Waals surface area contributed by atoms with Crippen molar-refractivity contribution in [2.24, 2.45) is 0 Å². The molecule has 0 spiro atoms. The van der Waals surface area contributed by atoms with Crippen LogP contribution in [-0.2, 0) is 19.5 Å². The molecule has 9 heteroatoms. The van der Waals surface area contributed by atoms with E-state index in [4.69, 9.17) is 16.3 Å². The summed E-state index contributed by atoms with van der Waals surface area (Å²) in [4.78, 5) is 23.6. The van der Waals surface area contributed by atoms with Gasteiger partial charge in [-0.2, -0.15) is 0 Å². The van der Waals surface area contributed by atoms with Gasteiger partial charge in [0.05, 0.1) is 34.8 Å². The maximum absolute atomic E-state index is 12.7. The van der Waals surface area contributed by atoms with Crippen molar-refractivity contribution in [1.82, 2.24) is 0 Å². The monoisotopic (exact) mass is 411 g/mol. The summed E-state index contributed by atoms with van der Waals surface area (Å²) in [6, 6.07) is 8.19. The van der Waals surface area contributed by atoms with E-state index in [2.05, 4.69) is 9.46 Å². The highest BCUT2D eigenvalue weighted by Gasteiger charge is 2.20. The SMILES string of the molecule is CCOC(=O)c1cc(NS(=O)(=O)c2ccc(C)c(C(=O)OC)c2)ccc1Cl. The Labute approximate surface area is 162 Å². The van der Waals surface area contributed by atoms with Gasteiger partial charge in [0.25, 0.3) is 10.0 Å². The van der Waals surface area contributed by atoms with Crippen molar-refractivity contribution in [3.05, 3.63) is 58.1 Å². The molecule has 0 aromatic heterocycles. The van der Waals surface area contributed by atoms with Gasteiger partial charge in [0.2, 0.25) is 0 Å². The minimum Gasteiger partial charge on any atom is -0.465 e. The molecule has 27 heavy (non-hydrogen) atoms. The third kappa shape index (κ3) is 4.78. The molecule has 2 aromatic carbocycles. The Bertz CT molecular complexity index is 987. The lowest BCUT2D eigenvalue weighted by Gasteiger charge is -2.12. The highest BCUT2D eigenvalue weighted by Crippen LogP contribution is 2.24. The van der Waals surface area contributed by atoms with Crippen molar-refractivity contribution in [3.8, 4) is 0 Å². The van der Waals surface area contributed by atoms with Gasteiger partial charge < -0.3 is 9.47 Å². The smallest absolute Gasteiger partial charge is 0.339 e. The van der Waals surface area contributed by atoms with Crippen LogP contribution in [-0.4, -0.2) is 34.1 Å². The minimum absolute atomic E-state index is 0.0397. The normalized spacial score (nSPS) is 11.0. The molecule has 0 heterocycles. The van der Waals surface area contributed by atoms with E-state index in [-0.39, 0.29) is 33.3 Å². The zero-order valence-corrected chi connectivity index (χ0v) is 16.5. The Morgan fingerprint density at radius 1 is 1.07 bits per heavy atom. The zero-order chi connectivity index (χ0) is 20.2. The van der Waals surface area contributed by atoms with Crippen LogP contribution in [0.25, 0.3) is 0 Å². The first-order valence-corrected chi connectivity index (χ1v) is 9.74. The molecule has 0 aliphatic heterocycles. The molecule has 7 nitrogen and oxygen atoms in total. The van der Waals surface area contributed by atoms with E-state index >= 15 is 0 Å². The number of methoxy groups -OCH3 is 1. The van der Waals surface area contributed by atoms with Crippen LogP contribution in [0.2, 0.25) is 5.02 Å². The van der Waals surface area contributed by atoms with Crippen molar-refractivity contribution >= 4 is 39.3 Å². The quantitative estimate of drug-likeness (QED) is 0.731. The van der Waals surface area contributed by atoms with E-state index < -0.39 is 22.0 Å². The number of carbonyl (C=O) groups is 2. The standard InChI is InChI=1S/C18H18ClNO6S/c1-4-26-18(22)15-9-12(6-8-16(15)19)20-27(23,24)13-7-5-11(2)14(10-13)17(21)25-3/h5-10,20H,4H2,1-3H3. The summed E-state index contributed by atoms with van der Waals surface area (Å²) in [7, 11) is -2.80. The molecular weight excluding hydrogens is 394 g/mol. The molecule has 0 atom stereocenters. The molecule has 144 valence electrons. The second kappa shape index (κ2) is 8.41. The first-order chi connectivity index (χ1) is 12.7. The van der Waals surface area contributed by atoms with Crippen LogP contribution in [0, 0.1) is 6.92 Å². The highest BCUT2D eigenvalue weighted by atomic mass is 35.5. The maximum Gasteiger partial charge on any atom is 0.339 e. The first kappa shape index (κ1) is 20.7. The van der Waals surface area contributed by atoms with Crippen LogP contribution < -0.4 is 4.72 Å². The molecule has 2 aromatic rings.